The van der Waals surface area contributed by atoms with Gasteiger partial charge in [0.1, 0.15) is 11.6 Å². The molecule has 2 fully saturated rings. The Kier molecular flexibility index (Phi) is 4.37. The van der Waals surface area contributed by atoms with Gasteiger partial charge in [-0.15, -0.1) is 0 Å². The molecule has 3 unspecified atom stereocenters. The molecule has 0 saturated carbocycles. The molecular formula is C15H26N2O3. The molecule has 1 N–H and O–H groups in total. The molecule has 0 aromatic carbocycles. The van der Waals surface area contributed by atoms with Crippen LogP contribution in [0.2, 0.25) is 0 Å². The molecule has 0 spiro atoms. The number of carbonyl (C=O) groups excluding carboxylic acids is 2. The Hall–Kier alpha value is -1.10. The van der Waals surface area contributed by atoms with E-state index in [-0.39, 0.29) is 23.9 Å². The summed E-state index contributed by atoms with van der Waals surface area (Å²) in [5.74, 6) is 0.396. The zero-order valence-corrected chi connectivity index (χ0v) is 12.9. The number of rotatable bonds is 4. The predicted molar refractivity (Wildman–Crippen MR) is 76.2 cm³/mol. The minimum absolute atomic E-state index is 0.0304. The smallest absolute Gasteiger partial charge is 0.246 e. The average Bonchev–Trinajstić information content (AvgIpc) is 2.89. The van der Waals surface area contributed by atoms with Crippen molar-refractivity contribution in [3.05, 3.63) is 0 Å². The zero-order valence-electron chi connectivity index (χ0n) is 12.9. The number of piperazine rings is 1. The molecule has 3 atom stereocenters. The van der Waals surface area contributed by atoms with Gasteiger partial charge in [-0.1, -0.05) is 20.8 Å². The topological polar surface area (TPSA) is 58.6 Å². The summed E-state index contributed by atoms with van der Waals surface area (Å²) in [7, 11) is 0. The van der Waals surface area contributed by atoms with Crippen LogP contribution in [0.25, 0.3) is 0 Å². The summed E-state index contributed by atoms with van der Waals surface area (Å²) in [5.41, 5.74) is -0.747. The largest absolute Gasteiger partial charge is 0.379 e. The zero-order chi connectivity index (χ0) is 14.9. The number of nitrogens with zero attached hydrogens (tertiary/aromatic N) is 1. The number of ether oxygens (including phenoxy) is 1. The standard InChI is InChI=1S/C15H26N2O3/c1-5-15(4)14(19)16-12(8-10(2)3)13(18)17(15)11-6-7-20-9-11/h10-12H,5-9H2,1-4H3,(H,16,19). The third-order valence-electron chi connectivity index (χ3n) is 4.53. The normalized spacial score (nSPS) is 34.8. The van der Waals surface area contributed by atoms with Crippen molar-refractivity contribution in [2.75, 3.05) is 13.2 Å². The fourth-order valence-corrected chi connectivity index (χ4v) is 3.17. The van der Waals surface area contributed by atoms with Gasteiger partial charge in [0.2, 0.25) is 11.8 Å². The van der Waals surface area contributed by atoms with Gasteiger partial charge in [-0.05, 0) is 32.1 Å². The quantitative estimate of drug-likeness (QED) is 0.846. The highest BCUT2D eigenvalue weighted by Crippen LogP contribution is 2.31. The van der Waals surface area contributed by atoms with Crippen LogP contribution in [0.1, 0.15) is 47.0 Å². The molecule has 20 heavy (non-hydrogen) atoms. The molecule has 2 rings (SSSR count). The lowest BCUT2D eigenvalue weighted by Crippen LogP contribution is -2.71. The molecular weight excluding hydrogens is 256 g/mol. The summed E-state index contributed by atoms with van der Waals surface area (Å²) >= 11 is 0. The maximum absolute atomic E-state index is 12.8. The maximum Gasteiger partial charge on any atom is 0.246 e. The lowest BCUT2D eigenvalue weighted by atomic mass is 9.86. The SMILES string of the molecule is CCC1(C)C(=O)NC(CC(C)C)C(=O)N1C1CCOC1. The molecule has 2 aliphatic rings. The fourth-order valence-electron chi connectivity index (χ4n) is 3.17. The van der Waals surface area contributed by atoms with E-state index in [1.165, 1.54) is 0 Å². The third kappa shape index (κ3) is 2.55. The molecule has 2 aliphatic heterocycles. The van der Waals surface area contributed by atoms with Gasteiger partial charge in [0, 0.05) is 6.61 Å². The second-order valence-corrected chi connectivity index (χ2v) is 6.51. The number of nitrogens with one attached hydrogen (secondary N) is 1. The highest BCUT2D eigenvalue weighted by atomic mass is 16.5. The van der Waals surface area contributed by atoms with Crippen LogP contribution in [0.15, 0.2) is 0 Å². The molecule has 5 heteroatoms. The van der Waals surface area contributed by atoms with E-state index in [1.54, 1.807) is 0 Å². The van der Waals surface area contributed by atoms with Crippen LogP contribution in [0.3, 0.4) is 0 Å². The van der Waals surface area contributed by atoms with Crippen molar-refractivity contribution in [1.82, 2.24) is 10.2 Å². The molecule has 0 radical (unpaired) electrons. The lowest BCUT2D eigenvalue weighted by Gasteiger charge is -2.48. The van der Waals surface area contributed by atoms with Crippen LogP contribution in [0.5, 0.6) is 0 Å². The van der Waals surface area contributed by atoms with Crippen molar-refractivity contribution in [2.24, 2.45) is 5.92 Å². The second-order valence-electron chi connectivity index (χ2n) is 6.51. The molecule has 0 aliphatic carbocycles. The first-order chi connectivity index (χ1) is 9.40. The predicted octanol–water partition coefficient (Wildman–Crippen LogP) is 1.32. The third-order valence-corrected chi connectivity index (χ3v) is 4.53. The highest BCUT2D eigenvalue weighted by molar-refractivity contribution is 5.99. The first-order valence-corrected chi connectivity index (χ1v) is 7.62. The molecule has 0 bridgehead atoms. The summed E-state index contributed by atoms with van der Waals surface area (Å²) in [6.07, 6.45) is 2.13. The summed E-state index contributed by atoms with van der Waals surface area (Å²) in [6.45, 7) is 9.17. The van der Waals surface area contributed by atoms with Gasteiger partial charge in [-0.25, -0.2) is 0 Å². The van der Waals surface area contributed by atoms with Crippen molar-refractivity contribution in [2.45, 2.75) is 64.6 Å². The number of carbonyl (C=O) groups is 2. The van der Waals surface area contributed by atoms with Crippen molar-refractivity contribution in [3.8, 4) is 0 Å². The van der Waals surface area contributed by atoms with Crippen LogP contribution in [0.4, 0.5) is 0 Å². The van der Waals surface area contributed by atoms with E-state index in [1.807, 2.05) is 18.7 Å². The first kappa shape index (κ1) is 15.3. The number of hydrogen-bond donors (Lipinski definition) is 1. The Balaban J connectivity index is 2.28. The van der Waals surface area contributed by atoms with Gasteiger partial charge in [0.05, 0.1) is 12.6 Å². The minimum Gasteiger partial charge on any atom is -0.379 e. The summed E-state index contributed by atoms with van der Waals surface area (Å²) in [5, 5.41) is 2.92. The average molecular weight is 282 g/mol. The monoisotopic (exact) mass is 282 g/mol. The van der Waals surface area contributed by atoms with Crippen molar-refractivity contribution in [3.63, 3.8) is 0 Å². The van der Waals surface area contributed by atoms with Crippen LogP contribution >= 0.6 is 0 Å². The Bertz CT molecular complexity index is 391. The van der Waals surface area contributed by atoms with Crippen LogP contribution in [0, 0.1) is 5.92 Å². The van der Waals surface area contributed by atoms with Crippen molar-refractivity contribution in [1.29, 1.82) is 0 Å². The number of hydrogen-bond acceptors (Lipinski definition) is 3. The Morgan fingerprint density at radius 1 is 1.45 bits per heavy atom. The molecule has 5 nitrogen and oxygen atoms in total. The maximum atomic E-state index is 12.8. The van der Waals surface area contributed by atoms with Gasteiger partial charge in [0.25, 0.3) is 0 Å². The molecule has 2 amide bonds. The second kappa shape index (κ2) is 5.72. The summed E-state index contributed by atoms with van der Waals surface area (Å²) < 4.78 is 5.42. The van der Waals surface area contributed by atoms with E-state index in [0.29, 0.717) is 32.0 Å². The van der Waals surface area contributed by atoms with E-state index in [2.05, 4.69) is 19.2 Å². The van der Waals surface area contributed by atoms with Gasteiger partial charge < -0.3 is 15.0 Å². The van der Waals surface area contributed by atoms with Crippen LogP contribution in [-0.4, -0.2) is 47.6 Å². The van der Waals surface area contributed by atoms with E-state index in [0.717, 1.165) is 6.42 Å². The van der Waals surface area contributed by atoms with Crippen molar-refractivity contribution >= 4 is 11.8 Å². The van der Waals surface area contributed by atoms with Crippen LogP contribution in [-0.2, 0) is 14.3 Å². The van der Waals surface area contributed by atoms with Gasteiger partial charge in [-0.2, -0.15) is 0 Å². The molecule has 0 aromatic rings. The van der Waals surface area contributed by atoms with Gasteiger partial charge in [0.15, 0.2) is 0 Å². The molecule has 114 valence electrons. The van der Waals surface area contributed by atoms with Crippen LogP contribution < -0.4 is 5.32 Å². The van der Waals surface area contributed by atoms with Gasteiger partial charge in [-0.3, -0.25) is 9.59 Å². The minimum atomic E-state index is -0.747. The highest BCUT2D eigenvalue weighted by Gasteiger charge is 2.51. The van der Waals surface area contributed by atoms with E-state index in [4.69, 9.17) is 4.74 Å². The van der Waals surface area contributed by atoms with E-state index >= 15 is 0 Å². The Labute approximate surface area is 121 Å². The van der Waals surface area contributed by atoms with E-state index < -0.39 is 5.54 Å². The van der Waals surface area contributed by atoms with Gasteiger partial charge >= 0.3 is 0 Å². The molecule has 0 aromatic heterocycles. The summed E-state index contributed by atoms with van der Waals surface area (Å²) in [4.78, 5) is 27.1. The lowest BCUT2D eigenvalue weighted by molar-refractivity contribution is -0.160. The number of amides is 2. The fraction of sp³-hybridized carbons (Fsp3) is 0.867. The Morgan fingerprint density at radius 3 is 2.65 bits per heavy atom. The molecule has 2 heterocycles. The molecule has 2 saturated heterocycles. The first-order valence-electron chi connectivity index (χ1n) is 7.62. The summed E-state index contributed by atoms with van der Waals surface area (Å²) in [6, 6.07) is -0.351. The van der Waals surface area contributed by atoms with E-state index in [9.17, 15) is 9.59 Å². The Morgan fingerprint density at radius 2 is 2.15 bits per heavy atom. The van der Waals surface area contributed by atoms with Crippen molar-refractivity contribution < 1.29 is 14.3 Å².